The molecule has 0 bridgehead atoms. The van der Waals surface area contributed by atoms with Crippen LogP contribution >= 0.6 is 22.9 Å². The average molecular weight is 261 g/mol. The van der Waals surface area contributed by atoms with Crippen LogP contribution < -0.4 is 9.68 Å². The van der Waals surface area contributed by atoms with Crippen molar-refractivity contribution in [2.24, 2.45) is 0 Å². The van der Waals surface area contributed by atoms with Crippen molar-refractivity contribution in [3.63, 3.8) is 0 Å². The summed E-state index contributed by atoms with van der Waals surface area (Å²) < 4.78 is 14.5. The number of hydrogen-bond donors (Lipinski definition) is 0. The Hall–Kier alpha value is -1.53. The molecule has 84 valence electrons. The van der Waals surface area contributed by atoms with Gasteiger partial charge in [-0.15, -0.1) is 0 Å². The van der Waals surface area contributed by atoms with Gasteiger partial charge in [0.05, 0.1) is 16.8 Å². The van der Waals surface area contributed by atoms with Gasteiger partial charge in [0.2, 0.25) is 0 Å². The summed E-state index contributed by atoms with van der Waals surface area (Å²) in [6.07, 6.45) is -0.890. The highest BCUT2D eigenvalue weighted by molar-refractivity contribution is 7.16. The van der Waals surface area contributed by atoms with E-state index in [0.29, 0.717) is 10.3 Å². The summed E-state index contributed by atoms with van der Waals surface area (Å²) in [6.45, 7) is 0. The van der Waals surface area contributed by atoms with Crippen molar-refractivity contribution in [2.45, 2.75) is 0 Å². The number of rotatable bonds is 1. The molecule has 2 aromatic rings. The number of halogens is 1. The first-order valence-corrected chi connectivity index (χ1v) is 5.28. The zero-order valence-electron chi connectivity index (χ0n) is 7.98. The Kier molecular flexibility index (Phi) is 2.84. The Labute approximate surface area is 98.1 Å². The fourth-order valence-electron chi connectivity index (χ4n) is 1.09. The van der Waals surface area contributed by atoms with Crippen LogP contribution in [0.2, 0.25) is 5.02 Å². The third-order valence-electron chi connectivity index (χ3n) is 1.74. The molecule has 0 N–H and O–H groups in total. The summed E-state index contributed by atoms with van der Waals surface area (Å²) in [5, 5.41) is 0.204. The number of benzene rings is 1. The van der Waals surface area contributed by atoms with Gasteiger partial charge in [-0.3, -0.25) is 0 Å². The zero-order chi connectivity index (χ0) is 11.7. The van der Waals surface area contributed by atoms with Gasteiger partial charge in [-0.25, -0.2) is 9.59 Å². The Balaban J connectivity index is 2.49. The molecule has 0 saturated heterocycles. The van der Waals surface area contributed by atoms with E-state index in [9.17, 15) is 9.59 Å². The summed E-state index contributed by atoms with van der Waals surface area (Å²) in [4.78, 5) is 21.4. The van der Waals surface area contributed by atoms with E-state index < -0.39 is 11.1 Å². The van der Waals surface area contributed by atoms with E-state index >= 15 is 0 Å². The highest BCUT2D eigenvalue weighted by Crippen LogP contribution is 2.31. The van der Waals surface area contributed by atoms with Crippen LogP contribution in [0.4, 0.5) is 4.79 Å². The van der Waals surface area contributed by atoms with Crippen molar-refractivity contribution in [2.75, 3.05) is 7.11 Å². The Bertz CT molecular complexity index is 599. The van der Waals surface area contributed by atoms with E-state index in [1.807, 2.05) is 0 Å². The van der Waals surface area contributed by atoms with E-state index in [-0.39, 0.29) is 10.8 Å². The SMILES string of the molecule is COC(=O)Oc1cc2oc(=O)sc2cc1Cl. The first kappa shape index (κ1) is 11.0. The van der Waals surface area contributed by atoms with Crippen molar-refractivity contribution in [3.05, 3.63) is 26.9 Å². The van der Waals surface area contributed by atoms with Gasteiger partial charge in [0, 0.05) is 6.07 Å². The molecule has 7 heteroatoms. The molecule has 0 aliphatic carbocycles. The predicted molar refractivity (Wildman–Crippen MR) is 58.4 cm³/mol. The minimum atomic E-state index is -0.890. The van der Waals surface area contributed by atoms with Crippen LogP contribution in [0.3, 0.4) is 0 Å². The number of fused-ring (bicyclic) bond motifs is 1. The van der Waals surface area contributed by atoms with Gasteiger partial charge in [0.15, 0.2) is 11.3 Å². The second-order valence-electron chi connectivity index (χ2n) is 2.74. The molecule has 0 amide bonds. The van der Waals surface area contributed by atoms with Crippen LogP contribution in [0.1, 0.15) is 0 Å². The standard InChI is InChI=1S/C9H5ClO5S/c1-13-8(11)14-5-3-6-7(2-4(5)10)16-9(12)15-6/h2-3H,1H3. The van der Waals surface area contributed by atoms with Crippen LogP contribution in [-0.4, -0.2) is 13.3 Å². The maximum absolute atomic E-state index is 11.0. The number of methoxy groups -OCH3 is 1. The molecule has 0 unspecified atom stereocenters. The lowest BCUT2D eigenvalue weighted by atomic mass is 10.3. The Morgan fingerprint density at radius 2 is 2.25 bits per heavy atom. The van der Waals surface area contributed by atoms with Crippen LogP contribution in [0.5, 0.6) is 5.75 Å². The van der Waals surface area contributed by atoms with Gasteiger partial charge in [-0.1, -0.05) is 22.9 Å². The number of ether oxygens (including phenoxy) is 2. The van der Waals surface area contributed by atoms with E-state index in [1.54, 1.807) is 0 Å². The number of hydrogen-bond acceptors (Lipinski definition) is 6. The first-order valence-electron chi connectivity index (χ1n) is 4.09. The maximum atomic E-state index is 11.0. The monoisotopic (exact) mass is 260 g/mol. The normalized spacial score (nSPS) is 10.4. The molecule has 0 spiro atoms. The zero-order valence-corrected chi connectivity index (χ0v) is 9.55. The molecule has 0 aliphatic rings. The number of carbonyl (C=O) groups is 1. The Morgan fingerprint density at radius 1 is 1.50 bits per heavy atom. The number of carbonyl (C=O) groups excluding carboxylic acids is 1. The molecule has 5 nitrogen and oxygen atoms in total. The molecular formula is C9H5ClO5S. The first-order chi connectivity index (χ1) is 7.60. The van der Waals surface area contributed by atoms with Crippen LogP contribution in [-0.2, 0) is 4.74 Å². The molecule has 1 aromatic carbocycles. The summed E-state index contributed by atoms with van der Waals surface area (Å²) >= 11 is 6.76. The second kappa shape index (κ2) is 4.15. The fraction of sp³-hybridized carbons (Fsp3) is 0.111. The minimum Gasteiger partial charge on any atom is -0.437 e. The van der Waals surface area contributed by atoms with Crippen molar-refractivity contribution in [1.29, 1.82) is 0 Å². The van der Waals surface area contributed by atoms with Gasteiger partial charge in [-0.2, -0.15) is 0 Å². The van der Waals surface area contributed by atoms with Crippen molar-refractivity contribution < 1.29 is 18.7 Å². The van der Waals surface area contributed by atoms with E-state index in [1.165, 1.54) is 19.2 Å². The third-order valence-corrected chi connectivity index (χ3v) is 2.83. The molecule has 1 heterocycles. The quantitative estimate of drug-likeness (QED) is 0.582. The summed E-state index contributed by atoms with van der Waals surface area (Å²) in [5.41, 5.74) is 0.318. The average Bonchev–Trinajstić information content (AvgIpc) is 2.58. The predicted octanol–water partition coefficient (Wildman–Crippen LogP) is 2.65. The molecule has 0 aliphatic heterocycles. The smallest absolute Gasteiger partial charge is 0.437 e. The Morgan fingerprint density at radius 3 is 2.94 bits per heavy atom. The molecule has 2 rings (SSSR count). The summed E-state index contributed by atoms with van der Waals surface area (Å²) in [5.74, 6) is 0.0857. The van der Waals surface area contributed by atoms with Crippen molar-refractivity contribution in [3.8, 4) is 5.75 Å². The maximum Gasteiger partial charge on any atom is 0.513 e. The molecule has 0 atom stereocenters. The third kappa shape index (κ3) is 2.02. The van der Waals surface area contributed by atoms with Gasteiger partial charge in [0.25, 0.3) is 0 Å². The van der Waals surface area contributed by atoms with Gasteiger partial charge in [0.1, 0.15) is 0 Å². The molecule has 0 saturated carbocycles. The molecule has 16 heavy (non-hydrogen) atoms. The van der Waals surface area contributed by atoms with Crippen LogP contribution in [0, 0.1) is 0 Å². The van der Waals surface area contributed by atoms with E-state index in [4.69, 9.17) is 20.8 Å². The van der Waals surface area contributed by atoms with Crippen LogP contribution in [0.25, 0.3) is 10.3 Å². The lowest BCUT2D eigenvalue weighted by Crippen LogP contribution is -2.07. The van der Waals surface area contributed by atoms with Crippen molar-refractivity contribution in [1.82, 2.24) is 0 Å². The summed E-state index contributed by atoms with van der Waals surface area (Å²) in [7, 11) is 1.18. The second-order valence-corrected chi connectivity index (χ2v) is 4.12. The summed E-state index contributed by atoms with van der Waals surface area (Å²) in [6, 6.07) is 2.86. The minimum absolute atomic E-state index is 0.0857. The van der Waals surface area contributed by atoms with Gasteiger partial charge >= 0.3 is 11.1 Å². The lowest BCUT2D eigenvalue weighted by molar-refractivity contribution is 0.121. The lowest BCUT2D eigenvalue weighted by Gasteiger charge is -2.03. The highest BCUT2D eigenvalue weighted by atomic mass is 35.5. The molecule has 1 aromatic heterocycles. The molecule has 0 fully saturated rings. The van der Waals surface area contributed by atoms with Crippen molar-refractivity contribution >= 4 is 39.4 Å². The van der Waals surface area contributed by atoms with E-state index in [0.717, 1.165) is 11.3 Å². The topological polar surface area (TPSA) is 65.7 Å². The molecular weight excluding hydrogens is 256 g/mol. The van der Waals surface area contributed by atoms with Gasteiger partial charge in [-0.05, 0) is 6.07 Å². The van der Waals surface area contributed by atoms with E-state index in [2.05, 4.69) is 4.74 Å². The van der Waals surface area contributed by atoms with Crippen LogP contribution in [0.15, 0.2) is 21.3 Å². The highest BCUT2D eigenvalue weighted by Gasteiger charge is 2.12. The van der Waals surface area contributed by atoms with Gasteiger partial charge < -0.3 is 13.9 Å². The largest absolute Gasteiger partial charge is 0.513 e. The molecule has 0 radical (unpaired) electrons. The fourth-order valence-corrected chi connectivity index (χ4v) is 2.04.